The van der Waals surface area contributed by atoms with Gasteiger partial charge in [-0.2, -0.15) is 0 Å². The molecular weight excluding hydrogens is 362 g/mol. The van der Waals surface area contributed by atoms with Crippen LogP contribution in [0.25, 0.3) is 0 Å². The summed E-state index contributed by atoms with van der Waals surface area (Å²) in [6.07, 6.45) is 1.46. The molecule has 0 unspecified atom stereocenters. The van der Waals surface area contributed by atoms with Gasteiger partial charge in [-0.05, 0) is 48.9 Å². The molecule has 1 aliphatic heterocycles. The molecular formula is C21H16ClN3O2. The summed E-state index contributed by atoms with van der Waals surface area (Å²) in [7, 11) is 0. The molecule has 1 N–H and O–H groups in total. The number of carbonyl (C=O) groups excluding carboxylic acids is 1. The van der Waals surface area contributed by atoms with Crippen molar-refractivity contribution in [1.82, 2.24) is 5.32 Å². The molecule has 3 aromatic rings. The zero-order chi connectivity index (χ0) is 18.8. The smallest absolute Gasteiger partial charge is 0.292 e. The lowest BCUT2D eigenvalue weighted by atomic mass is 9.93. The van der Waals surface area contributed by atoms with Crippen molar-refractivity contribution >= 4 is 40.4 Å². The van der Waals surface area contributed by atoms with Crippen molar-refractivity contribution in [2.45, 2.75) is 12.8 Å². The van der Waals surface area contributed by atoms with Crippen molar-refractivity contribution in [3.63, 3.8) is 0 Å². The van der Waals surface area contributed by atoms with Crippen LogP contribution in [0.1, 0.15) is 29.0 Å². The van der Waals surface area contributed by atoms with Gasteiger partial charge in [-0.15, -0.1) is 0 Å². The Balaban J connectivity index is 1.81. The van der Waals surface area contributed by atoms with E-state index in [-0.39, 0.29) is 17.6 Å². The summed E-state index contributed by atoms with van der Waals surface area (Å²) in [5, 5.41) is 3.54. The van der Waals surface area contributed by atoms with Gasteiger partial charge in [-0.3, -0.25) is 9.79 Å². The van der Waals surface area contributed by atoms with Gasteiger partial charge in [-0.25, -0.2) is 4.99 Å². The first-order valence-electron chi connectivity index (χ1n) is 8.45. The number of hydrogen-bond donors (Lipinski definition) is 1. The third-order valence-electron chi connectivity index (χ3n) is 4.30. The molecule has 1 atom stereocenters. The number of nitrogens with zero attached hydrogens (tertiary/aromatic N) is 2. The normalized spacial score (nSPS) is 16.0. The summed E-state index contributed by atoms with van der Waals surface area (Å²) in [5.41, 5.74) is 3.21. The van der Waals surface area contributed by atoms with Crippen molar-refractivity contribution in [2.24, 2.45) is 9.98 Å². The molecule has 1 aliphatic rings. The molecule has 0 aliphatic carbocycles. The quantitative estimate of drug-likeness (QED) is 0.659. The van der Waals surface area contributed by atoms with E-state index >= 15 is 0 Å². The Morgan fingerprint density at radius 2 is 1.70 bits per heavy atom. The first-order valence-corrected chi connectivity index (χ1v) is 8.83. The molecule has 4 rings (SSSR count). The van der Waals surface area contributed by atoms with Gasteiger partial charge >= 0.3 is 0 Å². The van der Waals surface area contributed by atoms with Crippen LogP contribution in [-0.2, 0) is 0 Å². The Kier molecular flexibility index (Phi) is 4.60. The zero-order valence-electron chi connectivity index (χ0n) is 14.5. The van der Waals surface area contributed by atoms with Crippen molar-refractivity contribution in [3.8, 4) is 0 Å². The molecule has 0 spiro atoms. The van der Waals surface area contributed by atoms with Gasteiger partial charge in [0.15, 0.2) is 5.76 Å². The van der Waals surface area contributed by atoms with E-state index in [1.807, 2.05) is 55.5 Å². The van der Waals surface area contributed by atoms with Crippen LogP contribution in [-0.4, -0.2) is 17.5 Å². The lowest BCUT2D eigenvalue weighted by Gasteiger charge is -2.19. The van der Waals surface area contributed by atoms with E-state index in [0.29, 0.717) is 16.5 Å². The van der Waals surface area contributed by atoms with E-state index in [2.05, 4.69) is 5.32 Å². The summed E-state index contributed by atoms with van der Waals surface area (Å²) in [4.78, 5) is 22.0. The third kappa shape index (κ3) is 3.55. The van der Waals surface area contributed by atoms with Crippen LogP contribution in [0, 0.1) is 0 Å². The maximum atomic E-state index is 12.6. The monoisotopic (exact) mass is 377 g/mol. The minimum Gasteiger partial charge on any atom is -0.459 e. The van der Waals surface area contributed by atoms with Gasteiger partial charge in [0.25, 0.3) is 5.91 Å². The van der Waals surface area contributed by atoms with E-state index in [1.54, 1.807) is 12.1 Å². The molecule has 0 radical (unpaired) electrons. The lowest BCUT2D eigenvalue weighted by molar-refractivity contribution is 0.0949. The Morgan fingerprint density at radius 3 is 2.37 bits per heavy atom. The number of amidine groups is 1. The van der Waals surface area contributed by atoms with Gasteiger partial charge in [0.1, 0.15) is 5.84 Å². The summed E-state index contributed by atoms with van der Waals surface area (Å²) < 4.78 is 5.21. The fourth-order valence-electron chi connectivity index (χ4n) is 3.04. The van der Waals surface area contributed by atoms with Crippen LogP contribution in [0.2, 0.25) is 5.02 Å². The van der Waals surface area contributed by atoms with Crippen LogP contribution in [0.4, 0.5) is 11.4 Å². The number of benzene rings is 2. The fourth-order valence-corrected chi connectivity index (χ4v) is 3.17. The number of fused-ring (bicyclic) bond motifs is 1. The molecule has 0 saturated heterocycles. The van der Waals surface area contributed by atoms with Gasteiger partial charge in [0.05, 0.1) is 23.6 Å². The molecule has 27 heavy (non-hydrogen) atoms. The SMILES string of the molecule is CC1=Nc2ccccc2N=C(NC(=O)c2ccco2)[C@H]1c1ccc(Cl)cc1. The number of carbonyl (C=O) groups is 1. The molecule has 0 fully saturated rings. The summed E-state index contributed by atoms with van der Waals surface area (Å²) in [6.45, 7) is 1.93. The highest BCUT2D eigenvalue weighted by atomic mass is 35.5. The number of rotatable bonds is 2. The van der Waals surface area contributed by atoms with Crippen molar-refractivity contribution in [1.29, 1.82) is 0 Å². The second-order valence-corrected chi connectivity index (χ2v) is 6.59. The number of para-hydroxylation sites is 2. The van der Waals surface area contributed by atoms with E-state index in [1.165, 1.54) is 6.26 Å². The Bertz CT molecular complexity index is 1040. The maximum Gasteiger partial charge on any atom is 0.292 e. The van der Waals surface area contributed by atoms with E-state index in [4.69, 9.17) is 26.0 Å². The average Bonchev–Trinajstić information content (AvgIpc) is 3.15. The molecule has 6 heteroatoms. The third-order valence-corrected chi connectivity index (χ3v) is 4.55. The first kappa shape index (κ1) is 17.2. The van der Waals surface area contributed by atoms with Gasteiger partial charge in [0, 0.05) is 10.7 Å². The standard InChI is InChI=1S/C21H16ClN3O2/c1-13-19(14-8-10-15(22)11-9-14)20(25-21(26)18-7-4-12-27-18)24-17-6-3-2-5-16(17)23-13/h2-12,19H,1H3,(H,24,25,26)/t19-/m1/s1. The van der Waals surface area contributed by atoms with Crippen LogP contribution < -0.4 is 5.32 Å². The largest absolute Gasteiger partial charge is 0.459 e. The fraction of sp³-hybridized carbons (Fsp3) is 0.0952. The number of halogens is 1. The summed E-state index contributed by atoms with van der Waals surface area (Å²) in [5.74, 6) is 0.0445. The van der Waals surface area contributed by atoms with Crippen LogP contribution in [0.15, 0.2) is 81.3 Å². The van der Waals surface area contributed by atoms with E-state index < -0.39 is 0 Å². The Morgan fingerprint density at radius 1 is 1.00 bits per heavy atom. The minimum absolute atomic E-state index is 0.222. The van der Waals surface area contributed by atoms with Gasteiger partial charge in [-0.1, -0.05) is 35.9 Å². The van der Waals surface area contributed by atoms with Crippen LogP contribution in [0.5, 0.6) is 0 Å². The number of nitrogens with one attached hydrogen (secondary N) is 1. The Labute approximate surface area is 161 Å². The molecule has 2 heterocycles. The lowest BCUT2D eigenvalue weighted by Crippen LogP contribution is -2.37. The number of aliphatic imine (C=N–C) groups is 2. The van der Waals surface area contributed by atoms with Crippen LogP contribution >= 0.6 is 11.6 Å². The maximum absolute atomic E-state index is 12.6. The highest BCUT2D eigenvalue weighted by molar-refractivity contribution is 6.30. The number of amides is 1. The van der Waals surface area contributed by atoms with Crippen molar-refractivity contribution in [3.05, 3.63) is 83.3 Å². The van der Waals surface area contributed by atoms with Crippen molar-refractivity contribution in [2.75, 3.05) is 0 Å². The topological polar surface area (TPSA) is 67.0 Å². The molecule has 134 valence electrons. The molecule has 1 aromatic heterocycles. The highest BCUT2D eigenvalue weighted by Gasteiger charge is 2.27. The second-order valence-electron chi connectivity index (χ2n) is 6.15. The zero-order valence-corrected chi connectivity index (χ0v) is 15.3. The molecule has 2 aromatic carbocycles. The predicted molar refractivity (Wildman–Crippen MR) is 107 cm³/mol. The van der Waals surface area contributed by atoms with Crippen LogP contribution in [0.3, 0.4) is 0 Å². The summed E-state index contributed by atoms with van der Waals surface area (Å²) >= 11 is 6.04. The van der Waals surface area contributed by atoms with Gasteiger partial charge in [0.2, 0.25) is 0 Å². The number of hydrogen-bond acceptors (Lipinski definition) is 4. The first-order chi connectivity index (χ1) is 13.1. The number of furan rings is 1. The van der Waals surface area contributed by atoms with Crippen molar-refractivity contribution < 1.29 is 9.21 Å². The molecule has 0 bridgehead atoms. The summed E-state index contributed by atoms with van der Waals surface area (Å²) in [6, 6.07) is 18.3. The molecule has 5 nitrogen and oxygen atoms in total. The molecule has 1 amide bonds. The minimum atomic E-state index is -0.357. The second kappa shape index (κ2) is 7.21. The Hall–Kier alpha value is -3.18. The molecule has 0 saturated carbocycles. The average molecular weight is 378 g/mol. The highest BCUT2D eigenvalue weighted by Crippen LogP contribution is 2.34. The van der Waals surface area contributed by atoms with E-state index in [9.17, 15) is 4.79 Å². The predicted octanol–water partition coefficient (Wildman–Crippen LogP) is 5.28. The van der Waals surface area contributed by atoms with E-state index in [0.717, 1.165) is 17.0 Å². The van der Waals surface area contributed by atoms with Gasteiger partial charge < -0.3 is 9.73 Å².